The third-order valence-corrected chi connectivity index (χ3v) is 2.98. The highest BCUT2D eigenvalue weighted by molar-refractivity contribution is 5.36. The summed E-state index contributed by atoms with van der Waals surface area (Å²) in [6.45, 7) is 3.76. The molecule has 0 spiro atoms. The molecule has 0 bridgehead atoms. The van der Waals surface area contributed by atoms with Crippen molar-refractivity contribution >= 4 is 5.82 Å². The smallest absolute Gasteiger partial charge is 0.215 e. The highest BCUT2D eigenvalue weighted by Crippen LogP contribution is 2.12. The second kappa shape index (κ2) is 8.20. The summed E-state index contributed by atoms with van der Waals surface area (Å²) in [6.07, 6.45) is 3.12. The molecule has 0 atom stereocenters. The van der Waals surface area contributed by atoms with Crippen LogP contribution in [-0.2, 0) is 6.42 Å². The first kappa shape index (κ1) is 14.4. The Morgan fingerprint density at radius 2 is 1.90 bits per heavy atom. The fraction of sp³-hybridized carbons (Fsp3) is 0.353. The number of hydrogen-bond acceptors (Lipinski definition) is 3. The van der Waals surface area contributed by atoms with Crippen LogP contribution in [0.2, 0.25) is 0 Å². The van der Waals surface area contributed by atoms with Crippen molar-refractivity contribution in [1.82, 2.24) is 4.98 Å². The molecular formula is C17H22N2O. The van der Waals surface area contributed by atoms with Gasteiger partial charge in [-0.15, -0.1) is 0 Å². The van der Waals surface area contributed by atoms with E-state index in [4.69, 9.17) is 4.74 Å². The summed E-state index contributed by atoms with van der Waals surface area (Å²) in [6, 6.07) is 16.3. The molecule has 0 saturated heterocycles. The molecule has 0 saturated carbocycles. The van der Waals surface area contributed by atoms with Crippen LogP contribution in [0, 0.1) is 0 Å². The number of benzene rings is 1. The molecule has 0 unspecified atom stereocenters. The van der Waals surface area contributed by atoms with Crippen molar-refractivity contribution in [3.63, 3.8) is 0 Å². The van der Waals surface area contributed by atoms with Crippen LogP contribution in [0.1, 0.15) is 25.3 Å². The van der Waals surface area contributed by atoms with E-state index < -0.39 is 0 Å². The molecule has 2 rings (SSSR count). The van der Waals surface area contributed by atoms with Crippen LogP contribution in [0.5, 0.6) is 5.88 Å². The maximum Gasteiger partial charge on any atom is 0.215 e. The molecule has 3 heteroatoms. The standard InChI is InChI=1S/C17H22N2O/c1-2-13-18-16-11-6-12-17(19-16)20-14-7-10-15-8-4-3-5-9-15/h3-6,8-9,11-12H,2,7,10,13-14H2,1H3,(H,18,19). The van der Waals surface area contributed by atoms with E-state index >= 15 is 0 Å². The van der Waals surface area contributed by atoms with Crippen molar-refractivity contribution in [2.24, 2.45) is 0 Å². The molecule has 0 amide bonds. The van der Waals surface area contributed by atoms with E-state index in [0.717, 1.165) is 31.6 Å². The van der Waals surface area contributed by atoms with Gasteiger partial charge < -0.3 is 10.1 Å². The number of anilines is 1. The number of nitrogens with zero attached hydrogens (tertiary/aromatic N) is 1. The van der Waals surface area contributed by atoms with Crippen LogP contribution in [0.4, 0.5) is 5.82 Å². The monoisotopic (exact) mass is 270 g/mol. The van der Waals surface area contributed by atoms with Crippen molar-refractivity contribution in [1.29, 1.82) is 0 Å². The SMILES string of the molecule is CCCNc1cccc(OCCCc2ccccc2)n1. The first-order valence-electron chi connectivity index (χ1n) is 7.26. The Kier molecular flexibility index (Phi) is 5.90. The molecule has 1 aromatic heterocycles. The summed E-state index contributed by atoms with van der Waals surface area (Å²) in [4.78, 5) is 4.42. The number of pyridine rings is 1. The first-order valence-corrected chi connectivity index (χ1v) is 7.26. The normalized spacial score (nSPS) is 10.2. The fourth-order valence-corrected chi connectivity index (χ4v) is 1.94. The topological polar surface area (TPSA) is 34.1 Å². The molecule has 0 radical (unpaired) electrons. The first-order chi connectivity index (χ1) is 9.88. The summed E-state index contributed by atoms with van der Waals surface area (Å²) < 4.78 is 5.70. The number of hydrogen-bond donors (Lipinski definition) is 1. The van der Waals surface area contributed by atoms with E-state index in [9.17, 15) is 0 Å². The average molecular weight is 270 g/mol. The van der Waals surface area contributed by atoms with Gasteiger partial charge in [0.25, 0.3) is 0 Å². The van der Waals surface area contributed by atoms with Crippen LogP contribution in [0.3, 0.4) is 0 Å². The summed E-state index contributed by atoms with van der Waals surface area (Å²) >= 11 is 0. The van der Waals surface area contributed by atoms with Crippen LogP contribution < -0.4 is 10.1 Å². The van der Waals surface area contributed by atoms with Gasteiger partial charge in [-0.2, -0.15) is 4.98 Å². The minimum absolute atomic E-state index is 0.694. The summed E-state index contributed by atoms with van der Waals surface area (Å²) in [5.74, 6) is 1.58. The molecule has 1 aromatic carbocycles. The lowest BCUT2D eigenvalue weighted by molar-refractivity contribution is 0.299. The Bertz CT molecular complexity index is 499. The van der Waals surface area contributed by atoms with E-state index in [2.05, 4.69) is 41.5 Å². The minimum atomic E-state index is 0.694. The average Bonchev–Trinajstić information content (AvgIpc) is 2.51. The lowest BCUT2D eigenvalue weighted by Gasteiger charge is -2.08. The van der Waals surface area contributed by atoms with Crippen LogP contribution in [-0.4, -0.2) is 18.1 Å². The van der Waals surface area contributed by atoms with Gasteiger partial charge in [0.15, 0.2) is 0 Å². The maximum absolute atomic E-state index is 5.70. The number of aromatic nitrogens is 1. The molecule has 0 aliphatic heterocycles. The molecule has 0 fully saturated rings. The summed E-state index contributed by atoms with van der Waals surface area (Å²) in [5.41, 5.74) is 1.35. The van der Waals surface area contributed by atoms with Gasteiger partial charge in [-0.1, -0.05) is 43.3 Å². The highest BCUT2D eigenvalue weighted by atomic mass is 16.5. The van der Waals surface area contributed by atoms with Crippen molar-refractivity contribution in [2.75, 3.05) is 18.5 Å². The van der Waals surface area contributed by atoms with E-state index in [1.807, 2.05) is 24.3 Å². The fourth-order valence-electron chi connectivity index (χ4n) is 1.94. The van der Waals surface area contributed by atoms with Crippen molar-refractivity contribution in [3.8, 4) is 5.88 Å². The quantitative estimate of drug-likeness (QED) is 0.738. The van der Waals surface area contributed by atoms with Gasteiger partial charge in [-0.25, -0.2) is 0 Å². The van der Waals surface area contributed by atoms with Crippen LogP contribution in [0.15, 0.2) is 48.5 Å². The molecule has 1 N–H and O–H groups in total. The summed E-state index contributed by atoms with van der Waals surface area (Å²) in [7, 11) is 0. The molecule has 3 nitrogen and oxygen atoms in total. The highest BCUT2D eigenvalue weighted by Gasteiger charge is 1.98. The Hall–Kier alpha value is -2.03. The molecule has 106 valence electrons. The lowest BCUT2D eigenvalue weighted by atomic mass is 10.1. The third kappa shape index (κ3) is 4.92. The predicted octanol–water partition coefficient (Wildman–Crippen LogP) is 3.92. The van der Waals surface area contributed by atoms with Gasteiger partial charge >= 0.3 is 0 Å². The van der Waals surface area contributed by atoms with Gasteiger partial charge in [0.05, 0.1) is 6.61 Å². The Balaban J connectivity index is 1.73. The largest absolute Gasteiger partial charge is 0.478 e. The minimum Gasteiger partial charge on any atom is -0.478 e. The van der Waals surface area contributed by atoms with E-state index in [1.165, 1.54) is 5.56 Å². The van der Waals surface area contributed by atoms with Crippen LogP contribution in [0.25, 0.3) is 0 Å². The third-order valence-electron chi connectivity index (χ3n) is 2.98. The van der Waals surface area contributed by atoms with Gasteiger partial charge in [0.2, 0.25) is 5.88 Å². The number of rotatable bonds is 8. The van der Waals surface area contributed by atoms with E-state index in [-0.39, 0.29) is 0 Å². The molecule has 0 aliphatic carbocycles. The van der Waals surface area contributed by atoms with Gasteiger partial charge in [0.1, 0.15) is 5.82 Å². The van der Waals surface area contributed by atoms with Gasteiger partial charge in [0, 0.05) is 12.6 Å². The second-order valence-electron chi connectivity index (χ2n) is 4.73. The molecule has 20 heavy (non-hydrogen) atoms. The Labute approximate surface area is 121 Å². The van der Waals surface area contributed by atoms with Crippen molar-refractivity contribution in [2.45, 2.75) is 26.2 Å². The van der Waals surface area contributed by atoms with E-state index in [1.54, 1.807) is 0 Å². The summed E-state index contributed by atoms with van der Waals surface area (Å²) in [5, 5.41) is 3.26. The number of nitrogens with one attached hydrogen (secondary N) is 1. The molecule has 0 aliphatic rings. The Morgan fingerprint density at radius 3 is 2.70 bits per heavy atom. The zero-order valence-electron chi connectivity index (χ0n) is 12.0. The zero-order valence-corrected chi connectivity index (χ0v) is 12.0. The van der Waals surface area contributed by atoms with Gasteiger partial charge in [-0.05, 0) is 30.9 Å². The van der Waals surface area contributed by atoms with Crippen molar-refractivity contribution < 1.29 is 4.74 Å². The van der Waals surface area contributed by atoms with E-state index in [0.29, 0.717) is 12.5 Å². The molecule has 2 aromatic rings. The predicted molar refractivity (Wildman–Crippen MR) is 83.3 cm³/mol. The lowest BCUT2D eigenvalue weighted by Crippen LogP contribution is -2.04. The number of aryl methyl sites for hydroxylation is 1. The van der Waals surface area contributed by atoms with Crippen LogP contribution >= 0.6 is 0 Å². The maximum atomic E-state index is 5.70. The van der Waals surface area contributed by atoms with Crippen molar-refractivity contribution in [3.05, 3.63) is 54.1 Å². The Morgan fingerprint density at radius 1 is 1.05 bits per heavy atom. The molecular weight excluding hydrogens is 248 g/mol. The molecule has 1 heterocycles. The zero-order chi connectivity index (χ0) is 14.0. The number of ether oxygens (including phenoxy) is 1. The van der Waals surface area contributed by atoms with Gasteiger partial charge in [-0.3, -0.25) is 0 Å². The second-order valence-corrected chi connectivity index (χ2v) is 4.73.